The third-order valence-electron chi connectivity index (χ3n) is 5.26. The Kier molecular flexibility index (Phi) is 2.87. The zero-order valence-corrected chi connectivity index (χ0v) is 11.9. The van der Waals surface area contributed by atoms with Gasteiger partial charge in [0.2, 0.25) is 0 Å². The van der Waals surface area contributed by atoms with Crippen LogP contribution in [0.25, 0.3) is 0 Å². The van der Waals surface area contributed by atoms with E-state index in [2.05, 4.69) is 51.3 Å². The molecule has 0 aromatic carbocycles. The third-order valence-corrected chi connectivity index (χ3v) is 5.26. The Balaban J connectivity index is 2.25. The molecule has 0 radical (unpaired) electrons. The van der Waals surface area contributed by atoms with E-state index in [1.54, 1.807) is 0 Å². The van der Waals surface area contributed by atoms with Crippen molar-refractivity contribution in [3.63, 3.8) is 0 Å². The highest BCUT2D eigenvalue weighted by Crippen LogP contribution is 2.51. The maximum atomic E-state index is 2.73. The molecular formula is C14H28N2. The summed E-state index contributed by atoms with van der Waals surface area (Å²) in [6, 6.07) is 1.37. The summed E-state index contributed by atoms with van der Waals surface area (Å²) in [5, 5.41) is 0. The van der Waals surface area contributed by atoms with Crippen LogP contribution in [-0.2, 0) is 0 Å². The molecule has 2 aliphatic rings. The quantitative estimate of drug-likeness (QED) is 0.711. The Hall–Kier alpha value is -0.0800. The third kappa shape index (κ3) is 1.53. The van der Waals surface area contributed by atoms with E-state index in [9.17, 15) is 0 Å². The molecule has 94 valence electrons. The summed E-state index contributed by atoms with van der Waals surface area (Å²) in [7, 11) is 0. The Labute approximate surface area is 101 Å². The van der Waals surface area contributed by atoms with Crippen LogP contribution < -0.4 is 0 Å². The zero-order valence-electron chi connectivity index (χ0n) is 11.9. The SMILES string of the molecule is CC(C)N1C[C@]2(C)CCN(C(C)C)[C@]2(C)C1. The Morgan fingerprint density at radius 3 is 2.06 bits per heavy atom. The van der Waals surface area contributed by atoms with Crippen LogP contribution in [0.5, 0.6) is 0 Å². The zero-order chi connectivity index (χ0) is 12.1. The molecule has 2 heteroatoms. The monoisotopic (exact) mass is 224 g/mol. The van der Waals surface area contributed by atoms with Gasteiger partial charge in [-0.15, -0.1) is 0 Å². The molecule has 0 spiro atoms. The molecule has 2 nitrogen and oxygen atoms in total. The summed E-state index contributed by atoms with van der Waals surface area (Å²) < 4.78 is 0. The van der Waals surface area contributed by atoms with Crippen molar-refractivity contribution in [1.82, 2.24) is 9.80 Å². The van der Waals surface area contributed by atoms with Crippen molar-refractivity contribution in [2.45, 2.75) is 65.6 Å². The second-order valence-corrected chi connectivity index (χ2v) is 6.87. The molecule has 0 N–H and O–H groups in total. The van der Waals surface area contributed by atoms with Gasteiger partial charge in [0.25, 0.3) is 0 Å². The summed E-state index contributed by atoms with van der Waals surface area (Å²) in [6.07, 6.45) is 1.37. The highest BCUT2D eigenvalue weighted by atomic mass is 15.3. The molecule has 0 saturated carbocycles. The number of nitrogens with zero attached hydrogens (tertiary/aromatic N) is 2. The molecule has 0 aromatic rings. The first-order chi connectivity index (χ1) is 7.30. The van der Waals surface area contributed by atoms with Crippen molar-refractivity contribution in [1.29, 1.82) is 0 Å². The van der Waals surface area contributed by atoms with E-state index < -0.39 is 0 Å². The summed E-state index contributed by atoms with van der Waals surface area (Å²) in [6.45, 7) is 18.1. The van der Waals surface area contributed by atoms with Crippen LogP contribution >= 0.6 is 0 Å². The number of fused-ring (bicyclic) bond motifs is 1. The van der Waals surface area contributed by atoms with Crippen LogP contribution in [0.4, 0.5) is 0 Å². The van der Waals surface area contributed by atoms with Gasteiger partial charge in [0.15, 0.2) is 0 Å². The van der Waals surface area contributed by atoms with Gasteiger partial charge in [-0.1, -0.05) is 6.92 Å². The molecule has 2 rings (SSSR count). The second kappa shape index (κ2) is 3.71. The first-order valence-electron chi connectivity index (χ1n) is 6.81. The van der Waals surface area contributed by atoms with E-state index in [1.165, 1.54) is 26.1 Å². The van der Waals surface area contributed by atoms with Crippen LogP contribution in [-0.4, -0.2) is 47.1 Å². The fourth-order valence-corrected chi connectivity index (χ4v) is 3.85. The highest BCUT2D eigenvalue weighted by molar-refractivity contribution is 5.14. The topological polar surface area (TPSA) is 6.48 Å². The smallest absolute Gasteiger partial charge is 0.0377 e. The minimum atomic E-state index is 0.394. The Bertz CT molecular complexity index is 274. The number of hydrogen-bond acceptors (Lipinski definition) is 2. The lowest BCUT2D eigenvalue weighted by Gasteiger charge is -2.42. The Morgan fingerprint density at radius 1 is 0.938 bits per heavy atom. The molecule has 2 atom stereocenters. The molecule has 2 aliphatic heterocycles. The molecule has 0 bridgehead atoms. The largest absolute Gasteiger partial charge is 0.298 e. The van der Waals surface area contributed by atoms with E-state index in [1.807, 2.05) is 0 Å². The number of likely N-dealkylation sites (tertiary alicyclic amines) is 2. The predicted molar refractivity (Wildman–Crippen MR) is 69.7 cm³/mol. The van der Waals surface area contributed by atoms with E-state index in [0.717, 1.165) is 0 Å². The van der Waals surface area contributed by atoms with Crippen LogP contribution in [0, 0.1) is 5.41 Å². The van der Waals surface area contributed by atoms with Gasteiger partial charge < -0.3 is 0 Å². The minimum absolute atomic E-state index is 0.394. The number of rotatable bonds is 2. The van der Waals surface area contributed by atoms with Crippen LogP contribution in [0.15, 0.2) is 0 Å². The second-order valence-electron chi connectivity index (χ2n) is 6.87. The fourth-order valence-electron chi connectivity index (χ4n) is 3.85. The molecule has 2 fully saturated rings. The van der Waals surface area contributed by atoms with Crippen molar-refractivity contribution < 1.29 is 0 Å². The fraction of sp³-hybridized carbons (Fsp3) is 1.00. The summed E-state index contributed by atoms with van der Waals surface area (Å²) in [5.41, 5.74) is 0.896. The van der Waals surface area contributed by atoms with Gasteiger partial charge in [0.05, 0.1) is 0 Å². The van der Waals surface area contributed by atoms with Gasteiger partial charge in [-0.05, 0) is 47.6 Å². The maximum absolute atomic E-state index is 2.73. The van der Waals surface area contributed by atoms with E-state index >= 15 is 0 Å². The lowest BCUT2D eigenvalue weighted by Crippen LogP contribution is -2.53. The normalized spacial score (nSPS) is 41.2. The average Bonchev–Trinajstić information content (AvgIpc) is 2.51. The maximum Gasteiger partial charge on any atom is 0.0377 e. The number of hydrogen-bond donors (Lipinski definition) is 0. The van der Waals surface area contributed by atoms with E-state index in [-0.39, 0.29) is 0 Å². The van der Waals surface area contributed by atoms with Gasteiger partial charge in [0.1, 0.15) is 0 Å². The molecule has 0 aromatic heterocycles. The first-order valence-corrected chi connectivity index (χ1v) is 6.81. The van der Waals surface area contributed by atoms with Crippen LogP contribution in [0.2, 0.25) is 0 Å². The van der Waals surface area contributed by atoms with E-state index in [0.29, 0.717) is 23.0 Å². The summed E-state index contributed by atoms with van der Waals surface area (Å²) >= 11 is 0. The summed E-state index contributed by atoms with van der Waals surface area (Å²) in [4.78, 5) is 5.39. The van der Waals surface area contributed by atoms with Crippen molar-refractivity contribution in [2.75, 3.05) is 19.6 Å². The van der Waals surface area contributed by atoms with Crippen molar-refractivity contribution in [3.05, 3.63) is 0 Å². The standard InChI is InChI=1S/C14H28N2/c1-11(2)15-9-13(5)7-8-16(12(3)4)14(13,6)10-15/h11-12H,7-10H2,1-6H3/t13-,14+/m0/s1. The summed E-state index contributed by atoms with van der Waals surface area (Å²) in [5.74, 6) is 0. The molecule has 16 heavy (non-hydrogen) atoms. The van der Waals surface area contributed by atoms with E-state index in [4.69, 9.17) is 0 Å². The van der Waals surface area contributed by atoms with Gasteiger partial charge in [-0.3, -0.25) is 9.80 Å². The average molecular weight is 224 g/mol. The molecule has 2 heterocycles. The van der Waals surface area contributed by atoms with Gasteiger partial charge >= 0.3 is 0 Å². The predicted octanol–water partition coefficient (Wildman–Crippen LogP) is 2.59. The van der Waals surface area contributed by atoms with Gasteiger partial charge in [0, 0.05) is 36.1 Å². The molecular weight excluding hydrogens is 196 g/mol. The van der Waals surface area contributed by atoms with Crippen molar-refractivity contribution in [2.24, 2.45) is 5.41 Å². The van der Waals surface area contributed by atoms with Crippen LogP contribution in [0.3, 0.4) is 0 Å². The molecule has 0 amide bonds. The van der Waals surface area contributed by atoms with Gasteiger partial charge in [-0.2, -0.15) is 0 Å². The Morgan fingerprint density at radius 2 is 1.56 bits per heavy atom. The van der Waals surface area contributed by atoms with Gasteiger partial charge in [-0.25, -0.2) is 0 Å². The van der Waals surface area contributed by atoms with Crippen LogP contribution in [0.1, 0.15) is 48.0 Å². The van der Waals surface area contributed by atoms with Crippen molar-refractivity contribution >= 4 is 0 Å². The first kappa shape index (κ1) is 12.4. The molecule has 0 aliphatic carbocycles. The molecule has 2 saturated heterocycles. The lowest BCUT2D eigenvalue weighted by atomic mass is 9.75. The minimum Gasteiger partial charge on any atom is -0.298 e. The highest BCUT2D eigenvalue weighted by Gasteiger charge is 2.59. The van der Waals surface area contributed by atoms with Crippen molar-refractivity contribution in [3.8, 4) is 0 Å². The molecule has 0 unspecified atom stereocenters. The lowest BCUT2D eigenvalue weighted by molar-refractivity contribution is 0.0743.